The molecule has 2 heterocycles. The summed E-state index contributed by atoms with van der Waals surface area (Å²) in [5, 5.41) is 5.37. The van der Waals surface area contributed by atoms with Gasteiger partial charge in [0, 0.05) is 35.1 Å². The molecule has 138 valence electrons. The number of aromatic nitrogens is 2. The van der Waals surface area contributed by atoms with E-state index in [1.165, 1.54) is 29.3 Å². The Morgan fingerprint density at radius 1 is 1.07 bits per heavy atom. The van der Waals surface area contributed by atoms with Crippen molar-refractivity contribution < 1.29 is 9.59 Å². The van der Waals surface area contributed by atoms with Crippen LogP contribution in [0.15, 0.2) is 35.3 Å². The van der Waals surface area contributed by atoms with Crippen molar-refractivity contribution in [2.45, 2.75) is 32.6 Å². The van der Waals surface area contributed by atoms with Gasteiger partial charge in [-0.15, -0.1) is 11.3 Å². The maximum atomic E-state index is 12.9. The van der Waals surface area contributed by atoms with Crippen LogP contribution in [0.25, 0.3) is 4.96 Å². The highest BCUT2D eigenvalue weighted by molar-refractivity contribution is 7.17. The number of fused-ring (bicyclic) bond motifs is 3. The lowest BCUT2D eigenvalue weighted by Crippen LogP contribution is -2.27. The van der Waals surface area contributed by atoms with E-state index in [2.05, 4.69) is 15.6 Å². The normalized spacial score (nSPS) is 13.2. The van der Waals surface area contributed by atoms with E-state index in [9.17, 15) is 14.4 Å². The van der Waals surface area contributed by atoms with Gasteiger partial charge in [0.2, 0.25) is 5.91 Å². The molecule has 3 aromatic rings. The van der Waals surface area contributed by atoms with Gasteiger partial charge in [-0.1, -0.05) is 0 Å². The first kappa shape index (κ1) is 17.4. The summed E-state index contributed by atoms with van der Waals surface area (Å²) < 4.78 is 1.59. The van der Waals surface area contributed by atoms with E-state index in [1.807, 2.05) is 0 Å². The molecule has 0 fully saturated rings. The van der Waals surface area contributed by atoms with Crippen LogP contribution in [0.5, 0.6) is 0 Å². The van der Waals surface area contributed by atoms with Gasteiger partial charge in [0.15, 0.2) is 4.96 Å². The lowest BCUT2D eigenvalue weighted by Gasteiger charge is -2.10. The summed E-state index contributed by atoms with van der Waals surface area (Å²) in [6.45, 7) is 1.43. The number of aryl methyl sites for hydroxylation is 2. The van der Waals surface area contributed by atoms with Gasteiger partial charge < -0.3 is 10.6 Å². The zero-order valence-corrected chi connectivity index (χ0v) is 15.6. The van der Waals surface area contributed by atoms with Gasteiger partial charge >= 0.3 is 0 Å². The van der Waals surface area contributed by atoms with Crippen molar-refractivity contribution in [1.29, 1.82) is 0 Å². The van der Waals surface area contributed by atoms with Gasteiger partial charge in [-0.25, -0.2) is 4.98 Å². The Balaban J connectivity index is 1.62. The SMILES string of the molecule is CC(=O)Nc1ccc(NC(=O)c2cnc3sc4c(n3c2=O)CCCC4)cc1. The molecule has 2 amide bonds. The minimum absolute atomic E-state index is 0.0182. The van der Waals surface area contributed by atoms with E-state index in [0.717, 1.165) is 31.4 Å². The molecule has 0 radical (unpaired) electrons. The molecule has 8 heteroatoms. The Morgan fingerprint density at radius 3 is 2.44 bits per heavy atom. The predicted octanol–water partition coefficient (Wildman–Crippen LogP) is 2.85. The van der Waals surface area contributed by atoms with Crippen LogP contribution in [0, 0.1) is 0 Å². The first-order chi connectivity index (χ1) is 13.0. The van der Waals surface area contributed by atoms with Gasteiger partial charge in [-0.2, -0.15) is 0 Å². The number of hydrogen-bond donors (Lipinski definition) is 2. The van der Waals surface area contributed by atoms with Crippen LogP contribution < -0.4 is 16.2 Å². The highest BCUT2D eigenvalue weighted by atomic mass is 32.1. The van der Waals surface area contributed by atoms with E-state index in [-0.39, 0.29) is 17.0 Å². The molecule has 2 aromatic heterocycles. The Labute approximate surface area is 159 Å². The molecule has 1 aliphatic rings. The molecule has 1 aromatic carbocycles. The Bertz CT molecular complexity index is 1100. The van der Waals surface area contributed by atoms with E-state index in [4.69, 9.17) is 0 Å². The average Bonchev–Trinajstić information content (AvgIpc) is 3.02. The maximum Gasteiger partial charge on any atom is 0.271 e. The third kappa shape index (κ3) is 3.35. The molecule has 2 N–H and O–H groups in total. The second-order valence-electron chi connectivity index (χ2n) is 6.49. The van der Waals surface area contributed by atoms with E-state index < -0.39 is 5.91 Å². The highest BCUT2D eigenvalue weighted by Gasteiger charge is 2.21. The number of amides is 2. The number of benzene rings is 1. The van der Waals surface area contributed by atoms with Crippen LogP contribution in [-0.2, 0) is 17.6 Å². The summed E-state index contributed by atoms with van der Waals surface area (Å²) >= 11 is 1.53. The molecule has 1 aliphatic carbocycles. The fourth-order valence-electron chi connectivity index (χ4n) is 3.26. The number of nitrogens with one attached hydrogen (secondary N) is 2. The third-order valence-electron chi connectivity index (χ3n) is 4.51. The van der Waals surface area contributed by atoms with Crippen LogP contribution in [0.4, 0.5) is 11.4 Å². The summed E-state index contributed by atoms with van der Waals surface area (Å²) in [6.07, 6.45) is 5.32. The standard InChI is InChI=1S/C19H18N4O3S/c1-11(24)21-12-6-8-13(9-7-12)22-17(25)14-10-20-19-23(18(14)26)15-4-2-3-5-16(15)27-19/h6-10H,2-5H2,1H3,(H,21,24)(H,22,25). The van der Waals surface area contributed by atoms with Crippen molar-refractivity contribution in [1.82, 2.24) is 9.38 Å². The van der Waals surface area contributed by atoms with Gasteiger partial charge in [-0.3, -0.25) is 18.8 Å². The zero-order valence-electron chi connectivity index (χ0n) is 14.7. The maximum absolute atomic E-state index is 12.9. The molecular weight excluding hydrogens is 364 g/mol. The molecule has 0 spiro atoms. The zero-order chi connectivity index (χ0) is 19.0. The van der Waals surface area contributed by atoms with Gasteiger partial charge in [0.05, 0.1) is 0 Å². The molecule has 7 nitrogen and oxygen atoms in total. The van der Waals surface area contributed by atoms with E-state index >= 15 is 0 Å². The first-order valence-corrected chi connectivity index (χ1v) is 9.56. The van der Waals surface area contributed by atoms with Crippen molar-refractivity contribution in [2.75, 3.05) is 10.6 Å². The van der Waals surface area contributed by atoms with E-state index in [0.29, 0.717) is 16.3 Å². The smallest absolute Gasteiger partial charge is 0.271 e. The summed E-state index contributed by atoms with van der Waals surface area (Å²) in [5.41, 5.74) is 1.85. The van der Waals surface area contributed by atoms with Crippen LogP contribution in [0.2, 0.25) is 0 Å². The summed E-state index contributed by atoms with van der Waals surface area (Å²) in [6, 6.07) is 6.69. The monoisotopic (exact) mass is 382 g/mol. The van der Waals surface area contributed by atoms with Crippen molar-refractivity contribution in [3.8, 4) is 0 Å². The van der Waals surface area contributed by atoms with Gasteiger partial charge in [0.25, 0.3) is 11.5 Å². The minimum atomic E-state index is -0.495. The number of hydrogen-bond acceptors (Lipinski definition) is 5. The van der Waals surface area contributed by atoms with Crippen molar-refractivity contribution in [3.05, 3.63) is 57.0 Å². The van der Waals surface area contributed by atoms with Crippen molar-refractivity contribution in [2.24, 2.45) is 0 Å². The van der Waals surface area contributed by atoms with E-state index in [1.54, 1.807) is 28.7 Å². The third-order valence-corrected chi connectivity index (χ3v) is 5.67. The number of carbonyl (C=O) groups is 2. The molecule has 0 aliphatic heterocycles. The molecule has 0 saturated carbocycles. The van der Waals surface area contributed by atoms with Gasteiger partial charge in [0.1, 0.15) is 5.56 Å². The molecule has 4 rings (SSSR count). The van der Waals surface area contributed by atoms with Crippen LogP contribution in [-0.4, -0.2) is 21.2 Å². The largest absolute Gasteiger partial charge is 0.326 e. The van der Waals surface area contributed by atoms with Crippen LogP contribution >= 0.6 is 11.3 Å². The summed E-state index contributed by atoms with van der Waals surface area (Å²) in [7, 11) is 0. The average molecular weight is 382 g/mol. The number of carbonyl (C=O) groups excluding carboxylic acids is 2. The quantitative estimate of drug-likeness (QED) is 0.728. The van der Waals surface area contributed by atoms with Crippen molar-refractivity contribution in [3.63, 3.8) is 0 Å². The number of rotatable bonds is 3. The molecular formula is C19H18N4O3S. The summed E-state index contributed by atoms with van der Waals surface area (Å²) in [5.74, 6) is -0.664. The molecule has 0 saturated heterocycles. The fraction of sp³-hybridized carbons (Fsp3) is 0.263. The number of anilines is 2. The Hall–Kier alpha value is -3.00. The van der Waals surface area contributed by atoms with Crippen LogP contribution in [0.3, 0.4) is 0 Å². The second-order valence-corrected chi connectivity index (χ2v) is 7.55. The topological polar surface area (TPSA) is 92.6 Å². The lowest BCUT2D eigenvalue weighted by molar-refractivity contribution is -0.114. The number of nitrogens with zero attached hydrogens (tertiary/aromatic N) is 2. The molecule has 0 atom stereocenters. The number of thiazole rings is 1. The molecule has 27 heavy (non-hydrogen) atoms. The lowest BCUT2D eigenvalue weighted by atomic mass is 10.0. The molecule has 0 unspecified atom stereocenters. The minimum Gasteiger partial charge on any atom is -0.326 e. The van der Waals surface area contributed by atoms with Crippen molar-refractivity contribution >= 4 is 39.5 Å². The first-order valence-electron chi connectivity index (χ1n) is 8.74. The predicted molar refractivity (Wildman–Crippen MR) is 105 cm³/mol. The summed E-state index contributed by atoms with van der Waals surface area (Å²) in [4.78, 5) is 42.7. The second kappa shape index (κ2) is 6.96. The Morgan fingerprint density at radius 2 is 1.74 bits per heavy atom. The van der Waals surface area contributed by atoms with Crippen LogP contribution in [0.1, 0.15) is 40.7 Å². The molecule has 0 bridgehead atoms. The Kier molecular flexibility index (Phi) is 4.49. The highest BCUT2D eigenvalue weighted by Crippen LogP contribution is 2.28. The van der Waals surface area contributed by atoms with Gasteiger partial charge in [-0.05, 0) is 49.9 Å². The fourth-order valence-corrected chi connectivity index (χ4v) is 4.43.